The monoisotopic (exact) mass is 364 g/mol. The molecule has 1 aromatic carbocycles. The maximum atomic E-state index is 14.1. The Morgan fingerprint density at radius 3 is 3.04 bits per heavy atom. The van der Waals surface area contributed by atoms with Crippen LogP contribution in [0.3, 0.4) is 0 Å². The summed E-state index contributed by atoms with van der Waals surface area (Å²) < 4.78 is 19.2. The van der Waals surface area contributed by atoms with Gasteiger partial charge in [0.05, 0.1) is 24.2 Å². The Hall–Kier alpha value is -2.68. The molecule has 1 aromatic heterocycles. The van der Waals surface area contributed by atoms with Crippen molar-refractivity contribution in [3.8, 4) is 5.75 Å². The van der Waals surface area contributed by atoms with Crippen LogP contribution >= 0.6 is 0 Å². The van der Waals surface area contributed by atoms with Crippen molar-refractivity contribution in [2.45, 2.75) is 25.1 Å². The van der Waals surface area contributed by atoms with Crippen LogP contribution in [0.15, 0.2) is 23.0 Å². The number of likely N-dealkylation sites (tertiary alicyclic amines) is 1. The SMILES string of the molecule is COc1ccc2nc(CCN3CCC(NC(=O)O)C(F)C3)c(=O)[nH]c2c1. The first-order valence-electron chi connectivity index (χ1n) is 8.39. The predicted octanol–water partition coefficient (Wildman–Crippen LogP) is 1.15. The van der Waals surface area contributed by atoms with Crippen LogP contribution in [0.2, 0.25) is 0 Å². The Labute approximate surface area is 149 Å². The molecule has 1 amide bonds. The number of H-pyrrole nitrogens is 1. The molecule has 1 aliphatic heterocycles. The second kappa shape index (κ2) is 7.69. The Kier molecular flexibility index (Phi) is 5.36. The molecule has 3 N–H and O–H groups in total. The number of aromatic nitrogens is 2. The number of fused-ring (bicyclic) bond motifs is 1. The summed E-state index contributed by atoms with van der Waals surface area (Å²) in [6.07, 6.45) is -1.69. The van der Waals surface area contributed by atoms with Gasteiger partial charge in [-0.3, -0.25) is 9.69 Å². The number of ether oxygens (including phenoxy) is 1. The second-order valence-corrected chi connectivity index (χ2v) is 6.31. The van der Waals surface area contributed by atoms with Crippen molar-refractivity contribution in [3.05, 3.63) is 34.2 Å². The van der Waals surface area contributed by atoms with Gasteiger partial charge in [0.1, 0.15) is 17.6 Å². The lowest BCUT2D eigenvalue weighted by molar-refractivity contribution is 0.100. The highest BCUT2D eigenvalue weighted by Gasteiger charge is 2.30. The van der Waals surface area contributed by atoms with Gasteiger partial charge in [-0.15, -0.1) is 0 Å². The third-order valence-electron chi connectivity index (χ3n) is 4.57. The maximum absolute atomic E-state index is 14.1. The van der Waals surface area contributed by atoms with E-state index in [-0.39, 0.29) is 12.1 Å². The Morgan fingerprint density at radius 1 is 1.54 bits per heavy atom. The molecule has 1 aliphatic rings. The van der Waals surface area contributed by atoms with Crippen molar-refractivity contribution >= 4 is 17.1 Å². The lowest BCUT2D eigenvalue weighted by atomic mass is 10.0. The van der Waals surface area contributed by atoms with E-state index in [9.17, 15) is 14.0 Å². The van der Waals surface area contributed by atoms with E-state index in [0.717, 1.165) is 0 Å². The van der Waals surface area contributed by atoms with Crippen molar-refractivity contribution in [2.24, 2.45) is 0 Å². The summed E-state index contributed by atoms with van der Waals surface area (Å²) in [5, 5.41) is 10.9. The molecule has 0 bridgehead atoms. The average Bonchev–Trinajstić information content (AvgIpc) is 2.61. The fourth-order valence-electron chi connectivity index (χ4n) is 3.16. The van der Waals surface area contributed by atoms with Gasteiger partial charge in [-0.25, -0.2) is 14.2 Å². The third-order valence-corrected chi connectivity index (χ3v) is 4.57. The minimum Gasteiger partial charge on any atom is -0.497 e. The number of piperidine rings is 1. The molecule has 9 heteroatoms. The molecule has 140 valence electrons. The molecule has 1 saturated heterocycles. The van der Waals surface area contributed by atoms with Crippen LogP contribution in [-0.2, 0) is 6.42 Å². The van der Waals surface area contributed by atoms with E-state index in [4.69, 9.17) is 9.84 Å². The van der Waals surface area contributed by atoms with Crippen molar-refractivity contribution in [3.63, 3.8) is 0 Å². The number of carbonyl (C=O) groups is 1. The summed E-state index contributed by atoms with van der Waals surface area (Å²) in [6.45, 7) is 1.18. The number of carboxylic acid groups (broad SMARTS) is 1. The summed E-state index contributed by atoms with van der Waals surface area (Å²) in [5.74, 6) is 0.634. The number of alkyl halides is 1. The average molecular weight is 364 g/mol. The highest BCUT2D eigenvalue weighted by Crippen LogP contribution is 2.17. The largest absolute Gasteiger partial charge is 0.497 e. The molecule has 2 unspecified atom stereocenters. The zero-order valence-electron chi connectivity index (χ0n) is 14.4. The zero-order chi connectivity index (χ0) is 18.7. The number of halogens is 1. The van der Waals surface area contributed by atoms with Gasteiger partial charge in [-0.2, -0.15) is 0 Å². The predicted molar refractivity (Wildman–Crippen MR) is 93.5 cm³/mol. The van der Waals surface area contributed by atoms with Crippen LogP contribution < -0.4 is 15.6 Å². The first-order valence-corrected chi connectivity index (χ1v) is 8.39. The summed E-state index contributed by atoms with van der Waals surface area (Å²) in [6, 6.07) is 4.57. The number of nitrogens with zero attached hydrogens (tertiary/aromatic N) is 2. The highest BCUT2D eigenvalue weighted by molar-refractivity contribution is 5.75. The number of benzene rings is 1. The summed E-state index contributed by atoms with van der Waals surface area (Å²) >= 11 is 0. The van der Waals surface area contributed by atoms with Gasteiger partial charge in [0.15, 0.2) is 0 Å². The van der Waals surface area contributed by atoms with Gasteiger partial charge in [0, 0.05) is 32.1 Å². The molecule has 0 radical (unpaired) electrons. The molecular weight excluding hydrogens is 343 g/mol. The van der Waals surface area contributed by atoms with Crippen LogP contribution in [0, 0.1) is 0 Å². The number of rotatable bonds is 5. The van der Waals surface area contributed by atoms with Crippen LogP contribution in [0.4, 0.5) is 9.18 Å². The lowest BCUT2D eigenvalue weighted by Gasteiger charge is -2.34. The number of methoxy groups -OCH3 is 1. The van der Waals surface area contributed by atoms with E-state index in [1.54, 1.807) is 25.3 Å². The first-order chi connectivity index (χ1) is 12.5. The molecular formula is C17H21FN4O4. The third kappa shape index (κ3) is 4.10. The first kappa shape index (κ1) is 18.1. The number of hydrogen-bond acceptors (Lipinski definition) is 5. The van der Waals surface area contributed by atoms with Crippen LogP contribution in [0.25, 0.3) is 11.0 Å². The van der Waals surface area contributed by atoms with Crippen molar-refractivity contribution in [1.82, 2.24) is 20.2 Å². The quantitative estimate of drug-likeness (QED) is 0.735. The number of aromatic amines is 1. The van der Waals surface area contributed by atoms with E-state index in [0.29, 0.717) is 48.4 Å². The highest BCUT2D eigenvalue weighted by atomic mass is 19.1. The molecule has 1 fully saturated rings. The van der Waals surface area contributed by atoms with E-state index >= 15 is 0 Å². The standard InChI is InChI=1S/C17H21FN4O4/c1-26-10-2-3-13-15(8-10)20-16(23)14(19-13)5-7-22-6-4-12(11(18)9-22)21-17(24)25/h2-3,8,11-12,21H,4-7,9H2,1H3,(H,20,23)(H,24,25). The number of hydrogen-bond donors (Lipinski definition) is 3. The molecule has 0 saturated carbocycles. The molecule has 8 nitrogen and oxygen atoms in total. The molecule has 26 heavy (non-hydrogen) atoms. The van der Waals surface area contributed by atoms with Crippen molar-refractivity contribution < 1.29 is 19.0 Å². The molecule has 0 spiro atoms. The molecule has 3 rings (SSSR count). The van der Waals surface area contributed by atoms with Gasteiger partial charge in [-0.1, -0.05) is 0 Å². The van der Waals surface area contributed by atoms with Gasteiger partial charge in [0.2, 0.25) is 0 Å². The Balaban J connectivity index is 1.64. The van der Waals surface area contributed by atoms with Crippen LogP contribution in [0.1, 0.15) is 12.1 Å². The van der Waals surface area contributed by atoms with E-state index in [2.05, 4.69) is 15.3 Å². The van der Waals surface area contributed by atoms with E-state index < -0.39 is 18.3 Å². The van der Waals surface area contributed by atoms with Crippen molar-refractivity contribution in [1.29, 1.82) is 0 Å². The minimum atomic E-state index is -1.27. The normalized spacial score (nSPS) is 20.8. The molecule has 2 aromatic rings. The summed E-state index contributed by atoms with van der Waals surface area (Å²) in [4.78, 5) is 31.9. The smallest absolute Gasteiger partial charge is 0.404 e. The molecule has 2 heterocycles. The van der Waals surface area contributed by atoms with Crippen LogP contribution in [-0.4, -0.2) is 65.0 Å². The topological polar surface area (TPSA) is 108 Å². The fourth-order valence-corrected chi connectivity index (χ4v) is 3.16. The Bertz CT molecular complexity index is 856. The number of nitrogens with one attached hydrogen (secondary N) is 2. The van der Waals surface area contributed by atoms with E-state index in [1.165, 1.54) is 0 Å². The minimum absolute atomic E-state index is 0.133. The molecule has 2 atom stereocenters. The van der Waals surface area contributed by atoms with Gasteiger partial charge < -0.3 is 20.1 Å². The fraction of sp³-hybridized carbons (Fsp3) is 0.471. The van der Waals surface area contributed by atoms with Crippen LogP contribution in [0.5, 0.6) is 5.75 Å². The maximum Gasteiger partial charge on any atom is 0.404 e. The van der Waals surface area contributed by atoms with Gasteiger partial charge >= 0.3 is 6.09 Å². The second-order valence-electron chi connectivity index (χ2n) is 6.31. The van der Waals surface area contributed by atoms with E-state index in [1.807, 2.05) is 4.90 Å². The Morgan fingerprint density at radius 2 is 2.35 bits per heavy atom. The molecule has 0 aliphatic carbocycles. The number of amides is 1. The van der Waals surface area contributed by atoms with Gasteiger partial charge in [-0.05, 0) is 18.6 Å². The van der Waals surface area contributed by atoms with Crippen molar-refractivity contribution in [2.75, 3.05) is 26.7 Å². The summed E-state index contributed by atoms with van der Waals surface area (Å²) in [5.41, 5.74) is 1.38. The van der Waals surface area contributed by atoms with Gasteiger partial charge in [0.25, 0.3) is 5.56 Å². The lowest BCUT2D eigenvalue weighted by Crippen LogP contribution is -2.52. The summed E-state index contributed by atoms with van der Waals surface area (Å²) in [7, 11) is 1.55. The zero-order valence-corrected chi connectivity index (χ0v) is 14.4.